The number of nitrogens with one attached hydrogen (secondary N) is 1. The molecular formula is C17H13Cl2N3OS. The normalized spacial score (nSPS) is 10.6. The van der Waals surface area contributed by atoms with Gasteiger partial charge in [0.05, 0.1) is 5.69 Å². The van der Waals surface area contributed by atoms with E-state index in [1.165, 1.54) is 0 Å². The number of thiazole rings is 1. The van der Waals surface area contributed by atoms with Crippen LogP contribution in [0.4, 0.5) is 5.69 Å². The zero-order valence-corrected chi connectivity index (χ0v) is 14.8. The van der Waals surface area contributed by atoms with Gasteiger partial charge in [-0.2, -0.15) is 0 Å². The molecule has 0 aliphatic carbocycles. The van der Waals surface area contributed by atoms with E-state index in [9.17, 15) is 4.79 Å². The Hall–Kier alpha value is -1.95. The Labute approximate surface area is 153 Å². The summed E-state index contributed by atoms with van der Waals surface area (Å²) in [6, 6.07) is 8.78. The molecular weight excluding hydrogens is 365 g/mol. The van der Waals surface area contributed by atoms with Gasteiger partial charge in [-0.25, -0.2) is 4.98 Å². The Morgan fingerprint density at radius 2 is 2.00 bits per heavy atom. The molecule has 0 atom stereocenters. The highest BCUT2D eigenvalue weighted by Crippen LogP contribution is 2.24. The van der Waals surface area contributed by atoms with Crippen molar-refractivity contribution in [2.24, 2.45) is 0 Å². The second-order valence-corrected chi connectivity index (χ2v) is 6.82. The lowest BCUT2D eigenvalue weighted by atomic mass is 10.2. The molecule has 0 saturated heterocycles. The third kappa shape index (κ3) is 4.54. The highest BCUT2D eigenvalue weighted by Gasteiger charge is 2.08. The largest absolute Gasteiger partial charge is 0.326 e. The quantitative estimate of drug-likeness (QED) is 0.673. The summed E-state index contributed by atoms with van der Waals surface area (Å²) < 4.78 is 0. The lowest BCUT2D eigenvalue weighted by molar-refractivity contribution is -0.116. The number of pyridine rings is 1. The van der Waals surface area contributed by atoms with E-state index in [2.05, 4.69) is 15.3 Å². The number of benzene rings is 1. The molecule has 1 aromatic carbocycles. The van der Waals surface area contributed by atoms with Gasteiger partial charge >= 0.3 is 0 Å². The minimum absolute atomic E-state index is 0.107. The van der Waals surface area contributed by atoms with Gasteiger partial charge in [-0.1, -0.05) is 23.2 Å². The average Bonchev–Trinajstić information content (AvgIpc) is 3.02. The Bertz CT molecular complexity index is 832. The third-order valence-electron chi connectivity index (χ3n) is 3.21. The van der Waals surface area contributed by atoms with Gasteiger partial charge in [0.1, 0.15) is 5.01 Å². The van der Waals surface area contributed by atoms with Gasteiger partial charge < -0.3 is 5.32 Å². The maximum absolute atomic E-state index is 12.1. The summed E-state index contributed by atoms with van der Waals surface area (Å²) in [6.45, 7) is 0. The van der Waals surface area contributed by atoms with E-state index < -0.39 is 0 Å². The summed E-state index contributed by atoms with van der Waals surface area (Å²) >= 11 is 13.4. The molecule has 0 saturated carbocycles. The van der Waals surface area contributed by atoms with Crippen LogP contribution in [0.25, 0.3) is 10.6 Å². The van der Waals surface area contributed by atoms with Crippen molar-refractivity contribution in [2.75, 3.05) is 5.32 Å². The molecule has 0 aliphatic heterocycles. The van der Waals surface area contributed by atoms with Gasteiger partial charge in [0.15, 0.2) is 0 Å². The second kappa shape index (κ2) is 7.75. The predicted octanol–water partition coefficient (Wildman–Crippen LogP) is 5.08. The molecule has 3 aromatic rings. The molecule has 1 amide bonds. The Morgan fingerprint density at radius 1 is 1.21 bits per heavy atom. The molecule has 0 radical (unpaired) electrons. The molecule has 0 spiro atoms. The molecule has 0 bridgehead atoms. The van der Waals surface area contributed by atoms with Gasteiger partial charge in [-0.3, -0.25) is 9.78 Å². The number of amides is 1. The van der Waals surface area contributed by atoms with Crippen LogP contribution in [0.2, 0.25) is 10.0 Å². The number of hydrogen-bond donors (Lipinski definition) is 1. The molecule has 1 N–H and O–H groups in total. The maximum Gasteiger partial charge on any atom is 0.224 e. The van der Waals surface area contributed by atoms with Gasteiger partial charge in [-0.05, 0) is 36.8 Å². The van der Waals surface area contributed by atoms with Crippen molar-refractivity contribution in [3.05, 3.63) is 63.8 Å². The van der Waals surface area contributed by atoms with E-state index in [0.717, 1.165) is 16.3 Å². The van der Waals surface area contributed by atoms with Crippen LogP contribution in [-0.2, 0) is 11.2 Å². The second-order valence-electron chi connectivity index (χ2n) is 5.09. The van der Waals surface area contributed by atoms with Crippen molar-refractivity contribution in [1.29, 1.82) is 0 Å². The van der Waals surface area contributed by atoms with Gasteiger partial charge in [0.25, 0.3) is 0 Å². The first-order valence-corrected chi connectivity index (χ1v) is 8.84. The minimum Gasteiger partial charge on any atom is -0.326 e. The van der Waals surface area contributed by atoms with Crippen LogP contribution in [0.3, 0.4) is 0 Å². The Kier molecular flexibility index (Phi) is 5.45. The average molecular weight is 378 g/mol. The van der Waals surface area contributed by atoms with Crippen molar-refractivity contribution in [1.82, 2.24) is 9.97 Å². The summed E-state index contributed by atoms with van der Waals surface area (Å²) in [4.78, 5) is 20.7. The number of hydrogen-bond acceptors (Lipinski definition) is 4. The van der Waals surface area contributed by atoms with E-state index in [4.69, 9.17) is 23.2 Å². The van der Waals surface area contributed by atoms with Crippen LogP contribution in [0, 0.1) is 0 Å². The molecule has 0 fully saturated rings. The van der Waals surface area contributed by atoms with E-state index in [1.54, 1.807) is 41.9 Å². The topological polar surface area (TPSA) is 54.9 Å². The predicted molar refractivity (Wildman–Crippen MR) is 98.8 cm³/mol. The smallest absolute Gasteiger partial charge is 0.224 e. The number of halogens is 2. The third-order valence-corrected chi connectivity index (χ3v) is 4.59. The maximum atomic E-state index is 12.1. The number of nitrogens with zero attached hydrogens (tertiary/aromatic N) is 2. The fourth-order valence-electron chi connectivity index (χ4n) is 2.13. The summed E-state index contributed by atoms with van der Waals surface area (Å²) in [5.74, 6) is -0.107. The van der Waals surface area contributed by atoms with Crippen molar-refractivity contribution in [3.8, 4) is 10.6 Å². The summed E-state index contributed by atoms with van der Waals surface area (Å²) in [5.41, 5.74) is 2.46. The number of anilines is 1. The number of carbonyl (C=O) groups excluding carboxylic acids is 1. The molecule has 122 valence electrons. The number of aromatic nitrogens is 2. The highest BCUT2D eigenvalue weighted by molar-refractivity contribution is 7.13. The fraction of sp³-hybridized carbons (Fsp3) is 0.118. The SMILES string of the molecule is O=C(CCc1csc(-c2cccnc2)n1)Nc1cc(Cl)cc(Cl)c1. The standard InChI is InChI=1S/C17H13Cl2N3OS/c18-12-6-13(19)8-15(7-12)21-16(23)4-3-14-10-24-17(22-14)11-2-1-5-20-9-11/h1-2,5-10H,3-4H2,(H,21,23). The van der Waals surface area contributed by atoms with Crippen molar-refractivity contribution >= 4 is 46.1 Å². The summed E-state index contributed by atoms with van der Waals surface area (Å²) in [7, 11) is 0. The molecule has 4 nitrogen and oxygen atoms in total. The van der Waals surface area contributed by atoms with Crippen molar-refractivity contribution < 1.29 is 4.79 Å². The molecule has 0 unspecified atom stereocenters. The summed E-state index contributed by atoms with van der Waals surface area (Å²) in [6.07, 6.45) is 4.40. The van der Waals surface area contributed by atoms with Crippen LogP contribution < -0.4 is 5.32 Å². The van der Waals surface area contributed by atoms with E-state index in [0.29, 0.717) is 28.6 Å². The monoisotopic (exact) mass is 377 g/mol. The molecule has 2 heterocycles. The molecule has 24 heavy (non-hydrogen) atoms. The first-order chi connectivity index (χ1) is 11.6. The zero-order chi connectivity index (χ0) is 16.9. The fourth-order valence-corrected chi connectivity index (χ4v) is 3.51. The van der Waals surface area contributed by atoms with Crippen molar-refractivity contribution in [2.45, 2.75) is 12.8 Å². The highest BCUT2D eigenvalue weighted by atomic mass is 35.5. The Morgan fingerprint density at radius 3 is 2.71 bits per heavy atom. The van der Waals surface area contributed by atoms with Crippen LogP contribution in [-0.4, -0.2) is 15.9 Å². The molecule has 0 aliphatic rings. The van der Waals surface area contributed by atoms with Crippen LogP contribution in [0.15, 0.2) is 48.1 Å². The van der Waals surface area contributed by atoms with Crippen molar-refractivity contribution in [3.63, 3.8) is 0 Å². The first kappa shape index (κ1) is 16.9. The number of aryl methyl sites for hydroxylation is 1. The van der Waals surface area contributed by atoms with E-state index >= 15 is 0 Å². The zero-order valence-electron chi connectivity index (χ0n) is 12.5. The lowest BCUT2D eigenvalue weighted by Gasteiger charge is -2.05. The molecule has 7 heteroatoms. The van der Waals surface area contributed by atoms with Gasteiger partial charge in [0.2, 0.25) is 5.91 Å². The van der Waals surface area contributed by atoms with E-state index in [-0.39, 0.29) is 5.91 Å². The van der Waals surface area contributed by atoms with E-state index in [1.807, 2.05) is 17.5 Å². The van der Waals surface area contributed by atoms with Gasteiger partial charge in [-0.15, -0.1) is 11.3 Å². The molecule has 2 aromatic heterocycles. The molecule has 3 rings (SSSR count). The van der Waals surface area contributed by atoms with Crippen LogP contribution >= 0.6 is 34.5 Å². The number of rotatable bonds is 5. The number of carbonyl (C=O) groups is 1. The van der Waals surface area contributed by atoms with Crippen LogP contribution in [0.1, 0.15) is 12.1 Å². The minimum atomic E-state index is -0.107. The summed E-state index contributed by atoms with van der Waals surface area (Å²) in [5, 5.41) is 6.63. The lowest BCUT2D eigenvalue weighted by Crippen LogP contribution is -2.12. The Balaban J connectivity index is 1.58. The van der Waals surface area contributed by atoms with Crippen LogP contribution in [0.5, 0.6) is 0 Å². The van der Waals surface area contributed by atoms with Gasteiger partial charge in [0, 0.05) is 45.5 Å². The first-order valence-electron chi connectivity index (χ1n) is 7.21.